The predicted molar refractivity (Wildman–Crippen MR) is 85.9 cm³/mol. The average molecular weight is 320 g/mol. The minimum Gasteiger partial charge on any atom is -0.482 e. The number of hydrogen-bond acceptors (Lipinski definition) is 3. The van der Waals surface area contributed by atoms with Crippen molar-refractivity contribution in [3.63, 3.8) is 0 Å². The maximum absolute atomic E-state index is 11.8. The molecule has 0 fully saturated rings. The van der Waals surface area contributed by atoms with Crippen molar-refractivity contribution in [2.75, 3.05) is 13.7 Å². The highest BCUT2D eigenvalue weighted by atomic mass is 35.5. The Morgan fingerprint density at radius 1 is 1.14 bits per heavy atom. The lowest BCUT2D eigenvalue weighted by molar-refractivity contribution is -0.123. The average Bonchev–Trinajstić information content (AvgIpc) is 2.53. The number of rotatable bonds is 7. The number of amides is 1. The fourth-order valence-corrected chi connectivity index (χ4v) is 2.14. The lowest BCUT2D eigenvalue weighted by Crippen LogP contribution is -2.28. The van der Waals surface area contributed by atoms with Crippen LogP contribution in [-0.4, -0.2) is 19.6 Å². The topological polar surface area (TPSA) is 47.6 Å². The van der Waals surface area contributed by atoms with Gasteiger partial charge in [-0.2, -0.15) is 0 Å². The highest BCUT2D eigenvalue weighted by Gasteiger charge is 2.05. The van der Waals surface area contributed by atoms with E-state index in [2.05, 4.69) is 5.32 Å². The van der Waals surface area contributed by atoms with Crippen molar-refractivity contribution in [2.24, 2.45) is 0 Å². The predicted octanol–water partition coefficient (Wildman–Crippen LogP) is 3.18. The molecule has 0 radical (unpaired) electrons. The van der Waals surface area contributed by atoms with Gasteiger partial charge in [0.05, 0.1) is 11.6 Å². The highest BCUT2D eigenvalue weighted by molar-refractivity contribution is 6.32. The second-order valence-electron chi connectivity index (χ2n) is 4.75. The van der Waals surface area contributed by atoms with Crippen molar-refractivity contribution >= 4 is 17.5 Å². The molecule has 0 atom stereocenters. The summed E-state index contributed by atoms with van der Waals surface area (Å²) >= 11 is 5.96. The quantitative estimate of drug-likeness (QED) is 0.852. The molecule has 0 aliphatic heterocycles. The Morgan fingerprint density at radius 2 is 1.91 bits per heavy atom. The van der Waals surface area contributed by atoms with Crippen LogP contribution in [0, 0.1) is 0 Å². The fraction of sp³-hybridized carbons (Fsp3) is 0.235. The van der Waals surface area contributed by atoms with E-state index in [-0.39, 0.29) is 12.5 Å². The molecule has 0 saturated heterocycles. The van der Waals surface area contributed by atoms with E-state index in [9.17, 15) is 4.79 Å². The summed E-state index contributed by atoms with van der Waals surface area (Å²) in [7, 11) is 1.65. The third kappa shape index (κ3) is 5.06. The Bertz CT molecular complexity index is 631. The molecule has 0 aliphatic carbocycles. The molecule has 0 aromatic heterocycles. The Hall–Kier alpha value is -2.04. The summed E-state index contributed by atoms with van der Waals surface area (Å²) in [5.74, 6) is 0.304. The Balaban J connectivity index is 1.80. The standard InChI is InChI=1S/C17H18ClNO3/c1-21-11-14-6-4-5-13(9-14)10-19-17(20)12-22-16-8-3-2-7-15(16)18/h2-9H,10-12H2,1H3,(H,19,20). The van der Waals surface area contributed by atoms with Crippen LogP contribution in [-0.2, 0) is 22.7 Å². The minimum atomic E-state index is -0.197. The van der Waals surface area contributed by atoms with Crippen molar-refractivity contribution in [1.29, 1.82) is 0 Å². The maximum Gasteiger partial charge on any atom is 0.258 e. The van der Waals surface area contributed by atoms with Gasteiger partial charge in [-0.25, -0.2) is 0 Å². The zero-order valence-corrected chi connectivity index (χ0v) is 13.1. The van der Waals surface area contributed by atoms with Gasteiger partial charge in [0, 0.05) is 13.7 Å². The van der Waals surface area contributed by atoms with Crippen LogP contribution in [0.2, 0.25) is 5.02 Å². The highest BCUT2D eigenvalue weighted by Crippen LogP contribution is 2.22. The molecule has 0 saturated carbocycles. The van der Waals surface area contributed by atoms with Gasteiger partial charge in [0.2, 0.25) is 0 Å². The largest absolute Gasteiger partial charge is 0.482 e. The number of ether oxygens (including phenoxy) is 2. The SMILES string of the molecule is COCc1cccc(CNC(=O)COc2ccccc2Cl)c1. The lowest BCUT2D eigenvalue weighted by atomic mass is 10.1. The van der Waals surface area contributed by atoms with Crippen LogP contribution >= 0.6 is 11.6 Å². The number of para-hydroxylation sites is 1. The molecule has 2 rings (SSSR count). The van der Waals surface area contributed by atoms with Crippen molar-refractivity contribution in [3.05, 3.63) is 64.7 Å². The van der Waals surface area contributed by atoms with E-state index in [1.54, 1.807) is 25.3 Å². The molecule has 2 aromatic rings. The Kier molecular flexibility index (Phi) is 6.25. The van der Waals surface area contributed by atoms with E-state index in [4.69, 9.17) is 21.1 Å². The molecule has 0 spiro atoms. The minimum absolute atomic E-state index is 0.0680. The van der Waals surface area contributed by atoms with E-state index < -0.39 is 0 Å². The van der Waals surface area contributed by atoms with Gasteiger partial charge in [0.15, 0.2) is 6.61 Å². The summed E-state index contributed by atoms with van der Waals surface area (Å²) in [6.45, 7) is 0.932. The molecule has 0 bridgehead atoms. The number of methoxy groups -OCH3 is 1. The molecule has 4 nitrogen and oxygen atoms in total. The van der Waals surface area contributed by atoms with Crippen LogP contribution in [0.4, 0.5) is 0 Å². The van der Waals surface area contributed by atoms with Gasteiger partial charge < -0.3 is 14.8 Å². The van der Waals surface area contributed by atoms with Crippen molar-refractivity contribution in [1.82, 2.24) is 5.32 Å². The van der Waals surface area contributed by atoms with Crippen molar-refractivity contribution < 1.29 is 14.3 Å². The van der Waals surface area contributed by atoms with E-state index >= 15 is 0 Å². The zero-order valence-electron chi connectivity index (χ0n) is 12.3. The van der Waals surface area contributed by atoms with Crippen LogP contribution in [0.15, 0.2) is 48.5 Å². The molecule has 116 valence electrons. The van der Waals surface area contributed by atoms with E-state index in [0.717, 1.165) is 11.1 Å². The smallest absolute Gasteiger partial charge is 0.258 e. The van der Waals surface area contributed by atoms with Crippen LogP contribution in [0.3, 0.4) is 0 Å². The fourth-order valence-electron chi connectivity index (χ4n) is 1.95. The summed E-state index contributed by atoms with van der Waals surface area (Å²) in [4.78, 5) is 11.8. The van der Waals surface area contributed by atoms with Crippen molar-refractivity contribution in [2.45, 2.75) is 13.2 Å². The van der Waals surface area contributed by atoms with Gasteiger partial charge in [-0.05, 0) is 23.3 Å². The van der Waals surface area contributed by atoms with Crippen LogP contribution in [0.5, 0.6) is 5.75 Å². The summed E-state index contributed by atoms with van der Waals surface area (Å²) < 4.78 is 10.5. The van der Waals surface area contributed by atoms with E-state index in [1.165, 1.54) is 0 Å². The molecule has 0 heterocycles. The van der Waals surface area contributed by atoms with Crippen molar-refractivity contribution in [3.8, 4) is 5.75 Å². The molecule has 5 heteroatoms. The maximum atomic E-state index is 11.8. The third-order valence-corrected chi connectivity index (χ3v) is 3.30. The van der Waals surface area contributed by atoms with Gasteiger partial charge in [0.1, 0.15) is 5.75 Å². The zero-order chi connectivity index (χ0) is 15.8. The van der Waals surface area contributed by atoms with Gasteiger partial charge in [0.25, 0.3) is 5.91 Å². The van der Waals surface area contributed by atoms with Gasteiger partial charge in [-0.1, -0.05) is 48.0 Å². The third-order valence-electron chi connectivity index (χ3n) is 2.99. The number of nitrogens with one attached hydrogen (secondary N) is 1. The normalized spacial score (nSPS) is 10.3. The van der Waals surface area contributed by atoms with Gasteiger partial charge in [-0.3, -0.25) is 4.79 Å². The first-order valence-electron chi connectivity index (χ1n) is 6.90. The van der Waals surface area contributed by atoms with E-state index in [1.807, 2.05) is 30.3 Å². The van der Waals surface area contributed by atoms with Crippen LogP contribution in [0.1, 0.15) is 11.1 Å². The summed E-state index contributed by atoms with van der Waals surface area (Å²) in [5.41, 5.74) is 2.09. The Morgan fingerprint density at radius 3 is 2.68 bits per heavy atom. The van der Waals surface area contributed by atoms with Gasteiger partial charge in [-0.15, -0.1) is 0 Å². The first-order chi connectivity index (χ1) is 10.7. The monoisotopic (exact) mass is 319 g/mol. The lowest BCUT2D eigenvalue weighted by Gasteiger charge is -2.09. The molecule has 0 unspecified atom stereocenters. The molecule has 22 heavy (non-hydrogen) atoms. The molecule has 1 N–H and O–H groups in total. The Labute approximate surface area is 135 Å². The van der Waals surface area contributed by atoms with Crippen LogP contribution < -0.4 is 10.1 Å². The molecule has 1 amide bonds. The molecule has 0 aliphatic rings. The number of carbonyl (C=O) groups is 1. The number of hydrogen-bond donors (Lipinski definition) is 1. The number of carbonyl (C=O) groups excluding carboxylic acids is 1. The molecule has 2 aromatic carbocycles. The second kappa shape index (κ2) is 8.41. The molecular weight excluding hydrogens is 302 g/mol. The summed E-state index contributed by atoms with van der Waals surface area (Å²) in [5, 5.41) is 3.30. The summed E-state index contributed by atoms with van der Waals surface area (Å²) in [6.07, 6.45) is 0. The second-order valence-corrected chi connectivity index (χ2v) is 5.16. The number of benzene rings is 2. The number of halogens is 1. The van der Waals surface area contributed by atoms with Gasteiger partial charge >= 0.3 is 0 Å². The van der Waals surface area contributed by atoms with E-state index in [0.29, 0.717) is 23.9 Å². The van der Waals surface area contributed by atoms with Crippen LogP contribution in [0.25, 0.3) is 0 Å². The first-order valence-corrected chi connectivity index (χ1v) is 7.27. The first kappa shape index (κ1) is 16.3. The summed E-state index contributed by atoms with van der Waals surface area (Å²) in [6, 6.07) is 14.9. The molecular formula is C17H18ClNO3.